The minimum Gasteiger partial charge on any atom is -0.313 e. The van der Waals surface area contributed by atoms with Crippen molar-refractivity contribution < 1.29 is 8.42 Å². The van der Waals surface area contributed by atoms with E-state index < -0.39 is 10.0 Å². The molecule has 4 nitrogen and oxygen atoms in total. The molecular formula is C17H26N2O2S. The van der Waals surface area contributed by atoms with Gasteiger partial charge in [-0.15, -0.1) is 0 Å². The highest BCUT2D eigenvalue weighted by Crippen LogP contribution is 2.53. The van der Waals surface area contributed by atoms with Gasteiger partial charge in [-0.3, -0.25) is 0 Å². The second kappa shape index (κ2) is 4.79. The summed E-state index contributed by atoms with van der Waals surface area (Å²) in [7, 11) is -0.212. The Morgan fingerprint density at radius 2 is 1.91 bits per heavy atom. The summed E-state index contributed by atoms with van der Waals surface area (Å²) >= 11 is 0. The first-order chi connectivity index (χ1) is 10.1. The molecule has 5 heteroatoms. The topological polar surface area (TPSA) is 49.4 Å². The molecule has 122 valence electrons. The Kier molecular flexibility index (Phi) is 3.48. The largest absolute Gasteiger partial charge is 0.313 e. The van der Waals surface area contributed by atoms with Crippen molar-refractivity contribution in [1.29, 1.82) is 0 Å². The van der Waals surface area contributed by atoms with Gasteiger partial charge in [-0.2, -0.15) is 0 Å². The molecule has 1 fully saturated rings. The van der Waals surface area contributed by atoms with Gasteiger partial charge in [0.2, 0.25) is 10.0 Å². The predicted octanol–water partition coefficient (Wildman–Crippen LogP) is 2.14. The van der Waals surface area contributed by atoms with Gasteiger partial charge in [-0.05, 0) is 48.1 Å². The van der Waals surface area contributed by atoms with Crippen LogP contribution in [0.15, 0.2) is 23.1 Å². The fourth-order valence-electron chi connectivity index (χ4n) is 4.14. The van der Waals surface area contributed by atoms with Crippen molar-refractivity contribution in [2.24, 2.45) is 5.41 Å². The number of nitrogens with zero attached hydrogens (tertiary/aromatic N) is 1. The molecule has 0 spiro atoms. The third-order valence-corrected chi connectivity index (χ3v) is 7.99. The molecule has 1 N–H and O–H groups in total. The van der Waals surface area contributed by atoms with Gasteiger partial charge >= 0.3 is 0 Å². The van der Waals surface area contributed by atoms with E-state index in [4.69, 9.17) is 0 Å². The highest BCUT2D eigenvalue weighted by atomic mass is 32.2. The predicted molar refractivity (Wildman–Crippen MR) is 88.6 cm³/mol. The van der Waals surface area contributed by atoms with Crippen LogP contribution in [-0.2, 0) is 21.9 Å². The lowest BCUT2D eigenvalue weighted by molar-refractivity contribution is 0.0558. The SMILES string of the molecule is CN(C)S(=O)(=O)c1ccc2c(c1)C[C@H]1NCCC2(C)C1(C)C. The van der Waals surface area contributed by atoms with Crippen molar-refractivity contribution in [2.45, 2.75) is 50.0 Å². The van der Waals surface area contributed by atoms with Gasteiger partial charge in [0, 0.05) is 25.6 Å². The molecule has 1 heterocycles. The molecule has 2 aliphatic rings. The summed E-state index contributed by atoms with van der Waals surface area (Å²) in [5.41, 5.74) is 2.77. The van der Waals surface area contributed by atoms with E-state index in [0.717, 1.165) is 19.4 Å². The summed E-state index contributed by atoms with van der Waals surface area (Å²) in [5, 5.41) is 3.63. The second-order valence-electron chi connectivity index (χ2n) is 7.62. The Bertz CT molecular complexity index is 709. The molecule has 1 saturated heterocycles. The van der Waals surface area contributed by atoms with E-state index in [9.17, 15) is 8.42 Å². The lowest BCUT2D eigenvalue weighted by atomic mass is 9.51. The summed E-state index contributed by atoms with van der Waals surface area (Å²) in [6, 6.07) is 6.11. The second-order valence-corrected chi connectivity index (χ2v) is 9.77. The molecule has 0 aromatic heterocycles. The minimum atomic E-state index is -3.37. The van der Waals surface area contributed by atoms with Gasteiger partial charge in [-0.1, -0.05) is 26.8 Å². The molecule has 22 heavy (non-hydrogen) atoms. The molecule has 0 amide bonds. The van der Waals surface area contributed by atoms with E-state index in [2.05, 4.69) is 32.2 Å². The van der Waals surface area contributed by atoms with E-state index in [1.165, 1.54) is 15.4 Å². The van der Waals surface area contributed by atoms with Crippen LogP contribution in [-0.4, -0.2) is 39.4 Å². The molecule has 0 radical (unpaired) electrons. The third kappa shape index (κ3) is 1.99. The lowest BCUT2D eigenvalue weighted by Crippen LogP contribution is -2.62. The molecule has 1 aliphatic heterocycles. The molecule has 1 aromatic carbocycles. The van der Waals surface area contributed by atoms with Crippen LogP contribution in [0.5, 0.6) is 0 Å². The zero-order valence-corrected chi connectivity index (χ0v) is 14.9. The number of benzene rings is 1. The summed E-state index contributed by atoms with van der Waals surface area (Å²) in [6.07, 6.45) is 1.98. The average Bonchev–Trinajstić information content (AvgIpc) is 2.41. The average molecular weight is 322 g/mol. The van der Waals surface area contributed by atoms with Crippen molar-refractivity contribution in [3.05, 3.63) is 29.3 Å². The van der Waals surface area contributed by atoms with Crippen LogP contribution in [0.4, 0.5) is 0 Å². The summed E-state index contributed by atoms with van der Waals surface area (Å²) in [6.45, 7) is 8.02. The maximum atomic E-state index is 12.4. The number of sulfonamides is 1. The first-order valence-electron chi connectivity index (χ1n) is 7.90. The van der Waals surface area contributed by atoms with Crippen molar-refractivity contribution in [1.82, 2.24) is 9.62 Å². The summed E-state index contributed by atoms with van der Waals surface area (Å²) < 4.78 is 26.0. The van der Waals surface area contributed by atoms with E-state index in [0.29, 0.717) is 10.9 Å². The lowest BCUT2D eigenvalue weighted by Gasteiger charge is -2.57. The van der Waals surface area contributed by atoms with Gasteiger partial charge in [0.1, 0.15) is 0 Å². The van der Waals surface area contributed by atoms with Gasteiger partial charge < -0.3 is 5.32 Å². The van der Waals surface area contributed by atoms with Crippen LogP contribution in [0.2, 0.25) is 0 Å². The van der Waals surface area contributed by atoms with E-state index >= 15 is 0 Å². The Morgan fingerprint density at radius 1 is 1.23 bits per heavy atom. The van der Waals surface area contributed by atoms with E-state index in [1.807, 2.05) is 6.07 Å². The zero-order chi connectivity index (χ0) is 16.3. The Balaban J connectivity index is 2.16. The molecule has 0 saturated carbocycles. The Hall–Kier alpha value is -0.910. The van der Waals surface area contributed by atoms with Gasteiger partial charge in [0.15, 0.2) is 0 Å². The molecule has 1 aromatic rings. The Labute approximate surface area is 134 Å². The van der Waals surface area contributed by atoms with Crippen LogP contribution in [0.25, 0.3) is 0 Å². The molecule has 2 atom stereocenters. The maximum Gasteiger partial charge on any atom is 0.242 e. The van der Waals surface area contributed by atoms with Gasteiger partial charge in [-0.25, -0.2) is 12.7 Å². The molecule has 2 bridgehead atoms. The van der Waals surface area contributed by atoms with E-state index in [-0.39, 0.29) is 10.8 Å². The number of piperidine rings is 1. The minimum absolute atomic E-state index is 0.0942. The fourth-order valence-corrected chi connectivity index (χ4v) is 5.09. The van der Waals surface area contributed by atoms with Crippen LogP contribution >= 0.6 is 0 Å². The van der Waals surface area contributed by atoms with E-state index in [1.54, 1.807) is 20.2 Å². The number of nitrogens with one attached hydrogen (secondary N) is 1. The molecule has 1 unspecified atom stereocenters. The number of hydrogen-bond donors (Lipinski definition) is 1. The molecule has 3 rings (SSSR count). The third-order valence-electron chi connectivity index (χ3n) is 6.18. The maximum absolute atomic E-state index is 12.4. The standard InChI is InChI=1S/C17H26N2O2S/c1-16(2)15-11-12-10-13(22(20,21)19(4)5)6-7-14(12)17(16,3)8-9-18-15/h6-7,10,15,18H,8-9,11H2,1-5H3/t15-,17?/m1/s1. The normalized spacial score (nSPS) is 30.2. The van der Waals surface area contributed by atoms with Crippen molar-refractivity contribution in [3.8, 4) is 0 Å². The fraction of sp³-hybridized carbons (Fsp3) is 0.647. The van der Waals surface area contributed by atoms with Crippen LogP contribution in [0.1, 0.15) is 38.3 Å². The number of fused-ring (bicyclic) bond motifs is 4. The smallest absolute Gasteiger partial charge is 0.242 e. The van der Waals surface area contributed by atoms with Crippen molar-refractivity contribution in [3.63, 3.8) is 0 Å². The summed E-state index contributed by atoms with van der Waals surface area (Å²) in [4.78, 5) is 0.401. The summed E-state index contributed by atoms with van der Waals surface area (Å²) in [5.74, 6) is 0. The number of rotatable bonds is 2. The zero-order valence-electron chi connectivity index (χ0n) is 14.1. The molecular weight excluding hydrogens is 296 g/mol. The van der Waals surface area contributed by atoms with Crippen molar-refractivity contribution >= 4 is 10.0 Å². The quantitative estimate of drug-likeness (QED) is 0.907. The van der Waals surface area contributed by atoms with Crippen LogP contribution in [0, 0.1) is 5.41 Å². The Morgan fingerprint density at radius 3 is 2.55 bits per heavy atom. The van der Waals surface area contributed by atoms with Crippen molar-refractivity contribution in [2.75, 3.05) is 20.6 Å². The first-order valence-corrected chi connectivity index (χ1v) is 9.34. The number of hydrogen-bond acceptors (Lipinski definition) is 3. The van der Waals surface area contributed by atoms with Gasteiger partial charge in [0.25, 0.3) is 0 Å². The van der Waals surface area contributed by atoms with Crippen LogP contribution in [0.3, 0.4) is 0 Å². The molecule has 1 aliphatic carbocycles. The highest BCUT2D eigenvalue weighted by molar-refractivity contribution is 7.89. The highest BCUT2D eigenvalue weighted by Gasteiger charge is 2.53. The first kappa shape index (κ1) is 16.0. The van der Waals surface area contributed by atoms with Gasteiger partial charge in [0.05, 0.1) is 4.90 Å². The monoisotopic (exact) mass is 322 g/mol. The van der Waals surface area contributed by atoms with Crippen LogP contribution < -0.4 is 5.32 Å².